The quantitative estimate of drug-likeness (QED) is 0.611. The molecule has 0 unspecified atom stereocenters. The highest BCUT2D eigenvalue weighted by atomic mass is 15.3. The standard InChI is InChI=1S/C14H27N5/c1-7-12-16-13(18-15)11(6)14(17-12)19(10(4)5)8-9(2)3/h9-10H,7-8,15H2,1-6H3,(H,16,17,18). The van der Waals surface area contributed by atoms with Crippen molar-refractivity contribution >= 4 is 11.6 Å². The molecule has 0 amide bonds. The van der Waals surface area contributed by atoms with Gasteiger partial charge in [-0.05, 0) is 26.7 Å². The molecule has 0 radical (unpaired) electrons. The van der Waals surface area contributed by atoms with Crippen molar-refractivity contribution in [2.45, 2.75) is 54.0 Å². The molecule has 0 aromatic carbocycles. The third kappa shape index (κ3) is 3.80. The minimum atomic E-state index is 0.395. The first-order valence-corrected chi connectivity index (χ1v) is 7.01. The van der Waals surface area contributed by atoms with Crippen LogP contribution in [-0.2, 0) is 6.42 Å². The van der Waals surface area contributed by atoms with Crippen LogP contribution in [0.5, 0.6) is 0 Å². The van der Waals surface area contributed by atoms with Gasteiger partial charge in [-0.2, -0.15) is 0 Å². The van der Waals surface area contributed by atoms with Gasteiger partial charge in [0.05, 0.1) is 0 Å². The summed E-state index contributed by atoms with van der Waals surface area (Å²) in [4.78, 5) is 11.4. The summed E-state index contributed by atoms with van der Waals surface area (Å²) in [5, 5.41) is 0. The number of rotatable bonds is 6. The van der Waals surface area contributed by atoms with E-state index in [1.54, 1.807) is 0 Å². The molecular weight excluding hydrogens is 238 g/mol. The fourth-order valence-electron chi connectivity index (χ4n) is 2.06. The largest absolute Gasteiger partial charge is 0.354 e. The Morgan fingerprint density at radius 1 is 1.21 bits per heavy atom. The van der Waals surface area contributed by atoms with Crippen molar-refractivity contribution in [2.75, 3.05) is 16.9 Å². The SMILES string of the molecule is CCc1nc(NN)c(C)c(N(CC(C)C)C(C)C)n1. The van der Waals surface area contributed by atoms with E-state index in [0.29, 0.717) is 12.0 Å². The Morgan fingerprint density at radius 3 is 2.26 bits per heavy atom. The summed E-state index contributed by atoms with van der Waals surface area (Å²) in [7, 11) is 0. The van der Waals surface area contributed by atoms with Crippen molar-refractivity contribution in [3.05, 3.63) is 11.4 Å². The number of nitrogens with zero attached hydrogens (tertiary/aromatic N) is 3. The number of hydrogen-bond donors (Lipinski definition) is 2. The number of hydrazine groups is 1. The summed E-state index contributed by atoms with van der Waals surface area (Å²) in [6.45, 7) is 13.8. The average molecular weight is 265 g/mol. The van der Waals surface area contributed by atoms with Gasteiger partial charge in [-0.3, -0.25) is 0 Å². The van der Waals surface area contributed by atoms with E-state index < -0.39 is 0 Å². The fraction of sp³-hybridized carbons (Fsp3) is 0.714. The number of aromatic nitrogens is 2. The molecule has 5 nitrogen and oxygen atoms in total. The number of aryl methyl sites for hydroxylation is 1. The van der Waals surface area contributed by atoms with Crippen molar-refractivity contribution in [1.82, 2.24) is 9.97 Å². The second kappa shape index (κ2) is 6.70. The lowest BCUT2D eigenvalue weighted by Crippen LogP contribution is -2.36. The lowest BCUT2D eigenvalue weighted by molar-refractivity contribution is 0.563. The number of hydrogen-bond acceptors (Lipinski definition) is 5. The van der Waals surface area contributed by atoms with Gasteiger partial charge in [0.25, 0.3) is 0 Å². The highest BCUT2D eigenvalue weighted by Crippen LogP contribution is 2.25. The lowest BCUT2D eigenvalue weighted by Gasteiger charge is -2.31. The molecule has 0 saturated heterocycles. The lowest BCUT2D eigenvalue weighted by atomic mass is 10.1. The molecule has 0 aliphatic carbocycles. The molecule has 0 aliphatic rings. The molecule has 0 fully saturated rings. The summed E-state index contributed by atoms with van der Waals surface area (Å²) in [5.74, 6) is 8.67. The fourth-order valence-corrected chi connectivity index (χ4v) is 2.06. The highest BCUT2D eigenvalue weighted by Gasteiger charge is 2.19. The van der Waals surface area contributed by atoms with Crippen molar-refractivity contribution in [2.24, 2.45) is 11.8 Å². The number of nitrogens with one attached hydrogen (secondary N) is 1. The van der Waals surface area contributed by atoms with Crippen molar-refractivity contribution in [1.29, 1.82) is 0 Å². The molecule has 0 aliphatic heterocycles. The van der Waals surface area contributed by atoms with Crippen molar-refractivity contribution in [3.8, 4) is 0 Å². The summed E-state index contributed by atoms with van der Waals surface area (Å²) >= 11 is 0. The Bertz CT molecular complexity index is 415. The van der Waals surface area contributed by atoms with Gasteiger partial charge < -0.3 is 10.3 Å². The number of nitrogen functional groups attached to an aromatic ring is 1. The van der Waals surface area contributed by atoms with Gasteiger partial charge in [0, 0.05) is 24.6 Å². The van der Waals surface area contributed by atoms with Crippen LogP contribution in [0.2, 0.25) is 0 Å². The van der Waals surface area contributed by atoms with Crippen molar-refractivity contribution < 1.29 is 0 Å². The van der Waals surface area contributed by atoms with Gasteiger partial charge in [-0.1, -0.05) is 20.8 Å². The maximum Gasteiger partial charge on any atom is 0.148 e. The zero-order valence-corrected chi connectivity index (χ0v) is 13.0. The molecular formula is C14H27N5. The van der Waals surface area contributed by atoms with Crippen LogP contribution in [0.4, 0.5) is 11.6 Å². The molecule has 1 aromatic heterocycles. The van der Waals surface area contributed by atoms with Gasteiger partial charge in [0.15, 0.2) is 0 Å². The summed E-state index contributed by atoms with van der Waals surface area (Å²) in [6, 6.07) is 0.395. The Labute approximate surface area is 116 Å². The monoisotopic (exact) mass is 265 g/mol. The number of anilines is 2. The van der Waals surface area contributed by atoms with Crippen LogP contribution in [0.15, 0.2) is 0 Å². The Kier molecular flexibility index (Phi) is 5.54. The minimum Gasteiger partial charge on any atom is -0.354 e. The molecule has 1 aromatic rings. The maximum atomic E-state index is 5.56. The molecule has 108 valence electrons. The van der Waals surface area contributed by atoms with Crippen LogP contribution in [0.3, 0.4) is 0 Å². The van der Waals surface area contributed by atoms with Crippen LogP contribution in [0, 0.1) is 12.8 Å². The molecule has 0 bridgehead atoms. The number of nitrogens with two attached hydrogens (primary N) is 1. The molecule has 5 heteroatoms. The molecule has 0 spiro atoms. The van der Waals surface area contributed by atoms with E-state index in [9.17, 15) is 0 Å². The predicted octanol–water partition coefficient (Wildman–Crippen LogP) is 2.50. The van der Waals surface area contributed by atoms with Crippen molar-refractivity contribution in [3.63, 3.8) is 0 Å². The van der Waals surface area contributed by atoms with Crippen LogP contribution in [0.25, 0.3) is 0 Å². The zero-order valence-electron chi connectivity index (χ0n) is 13.0. The second-order valence-electron chi connectivity index (χ2n) is 5.57. The molecule has 0 atom stereocenters. The van der Waals surface area contributed by atoms with Crippen LogP contribution in [0.1, 0.15) is 46.0 Å². The summed E-state index contributed by atoms with van der Waals surface area (Å²) in [6.07, 6.45) is 0.801. The Hall–Kier alpha value is -1.36. The Balaban J connectivity index is 3.27. The van der Waals surface area contributed by atoms with E-state index in [4.69, 9.17) is 10.8 Å². The van der Waals surface area contributed by atoms with E-state index >= 15 is 0 Å². The zero-order chi connectivity index (χ0) is 14.6. The third-order valence-corrected chi connectivity index (χ3v) is 3.08. The molecule has 19 heavy (non-hydrogen) atoms. The summed E-state index contributed by atoms with van der Waals surface area (Å²) < 4.78 is 0. The van der Waals surface area contributed by atoms with E-state index in [2.05, 4.69) is 49.9 Å². The van der Waals surface area contributed by atoms with Gasteiger partial charge >= 0.3 is 0 Å². The van der Waals surface area contributed by atoms with Crippen LogP contribution >= 0.6 is 0 Å². The molecule has 1 rings (SSSR count). The van der Waals surface area contributed by atoms with Gasteiger partial charge in [0.1, 0.15) is 17.5 Å². The van der Waals surface area contributed by atoms with E-state index in [1.165, 1.54) is 0 Å². The topological polar surface area (TPSA) is 67.1 Å². The maximum absolute atomic E-state index is 5.56. The van der Waals surface area contributed by atoms with Gasteiger partial charge in [-0.25, -0.2) is 15.8 Å². The molecule has 3 N–H and O–H groups in total. The second-order valence-corrected chi connectivity index (χ2v) is 5.57. The first-order chi connectivity index (χ1) is 8.90. The normalized spacial score (nSPS) is 11.2. The molecule has 1 heterocycles. The minimum absolute atomic E-state index is 0.395. The van der Waals surface area contributed by atoms with Gasteiger partial charge in [0.2, 0.25) is 0 Å². The van der Waals surface area contributed by atoms with E-state index in [-0.39, 0.29) is 0 Å². The van der Waals surface area contributed by atoms with Crippen LogP contribution in [-0.4, -0.2) is 22.6 Å². The predicted molar refractivity (Wildman–Crippen MR) is 81.3 cm³/mol. The van der Waals surface area contributed by atoms with Gasteiger partial charge in [-0.15, -0.1) is 0 Å². The summed E-state index contributed by atoms with van der Waals surface area (Å²) in [5.41, 5.74) is 3.69. The smallest absolute Gasteiger partial charge is 0.148 e. The third-order valence-electron chi connectivity index (χ3n) is 3.08. The first kappa shape index (κ1) is 15.7. The average Bonchev–Trinajstić information content (AvgIpc) is 2.36. The first-order valence-electron chi connectivity index (χ1n) is 7.01. The highest BCUT2D eigenvalue weighted by molar-refractivity contribution is 5.58. The Morgan fingerprint density at radius 2 is 1.84 bits per heavy atom. The van der Waals surface area contributed by atoms with E-state index in [1.807, 2.05) is 6.92 Å². The van der Waals surface area contributed by atoms with E-state index in [0.717, 1.165) is 36.0 Å². The molecule has 0 saturated carbocycles. The van der Waals surface area contributed by atoms with Crippen LogP contribution < -0.4 is 16.2 Å².